The van der Waals surface area contributed by atoms with E-state index in [9.17, 15) is 13.2 Å². The molecule has 35 heavy (non-hydrogen) atoms. The van der Waals surface area contributed by atoms with Crippen molar-refractivity contribution in [2.24, 2.45) is 0 Å². The molecule has 0 bridgehead atoms. The summed E-state index contributed by atoms with van der Waals surface area (Å²) < 4.78 is 27.7. The van der Waals surface area contributed by atoms with Gasteiger partial charge in [-0.15, -0.1) is 11.3 Å². The summed E-state index contributed by atoms with van der Waals surface area (Å²) in [5, 5.41) is 4.25. The van der Waals surface area contributed by atoms with Crippen LogP contribution in [0.5, 0.6) is 0 Å². The van der Waals surface area contributed by atoms with Crippen molar-refractivity contribution in [3.8, 4) is 0 Å². The van der Waals surface area contributed by atoms with Gasteiger partial charge in [0.15, 0.2) is 5.16 Å². The van der Waals surface area contributed by atoms with Crippen LogP contribution in [0.15, 0.2) is 34.3 Å². The lowest BCUT2D eigenvalue weighted by atomic mass is 9.97. The number of sulfonamides is 1. The van der Waals surface area contributed by atoms with Crippen LogP contribution in [0.2, 0.25) is 0 Å². The Labute approximate surface area is 213 Å². The number of rotatable bonds is 6. The van der Waals surface area contributed by atoms with Crippen LogP contribution < -0.4 is 11.1 Å². The maximum atomic E-state index is 13.1. The third-order valence-electron chi connectivity index (χ3n) is 6.48. The van der Waals surface area contributed by atoms with Crippen molar-refractivity contribution in [3.05, 3.63) is 34.7 Å². The predicted molar refractivity (Wildman–Crippen MR) is 141 cm³/mol. The Morgan fingerprint density at radius 3 is 2.66 bits per heavy atom. The standard InChI is InChI=1S/C24H29N5O3S3/c25-22-21-18-10-3-4-11-19(18)34-23(21)28-24(27-22)33-15-20(30)26-16-8-7-9-17(14-16)35(31,32)29-12-5-1-2-6-13-29/h7-9,14H,1-6,10-13,15H2,(H,26,30)(H2,25,27,28). The summed E-state index contributed by atoms with van der Waals surface area (Å²) in [6.07, 6.45) is 8.29. The van der Waals surface area contributed by atoms with Gasteiger partial charge in [-0.3, -0.25) is 4.79 Å². The van der Waals surface area contributed by atoms with Gasteiger partial charge in [0.2, 0.25) is 15.9 Å². The van der Waals surface area contributed by atoms with Crippen LogP contribution in [0, 0.1) is 0 Å². The number of amides is 1. The van der Waals surface area contributed by atoms with Crippen LogP contribution in [-0.4, -0.2) is 47.4 Å². The fourth-order valence-electron chi connectivity index (χ4n) is 4.72. The highest BCUT2D eigenvalue weighted by Gasteiger charge is 2.25. The van der Waals surface area contributed by atoms with E-state index in [1.165, 1.54) is 34.7 Å². The van der Waals surface area contributed by atoms with E-state index in [0.29, 0.717) is 29.8 Å². The molecule has 8 nitrogen and oxygen atoms in total. The fourth-order valence-corrected chi connectivity index (χ4v) is 8.26. The number of nitrogens with one attached hydrogen (secondary N) is 1. The number of thioether (sulfide) groups is 1. The number of nitrogens with two attached hydrogens (primary N) is 1. The molecule has 0 atom stereocenters. The summed E-state index contributed by atoms with van der Waals surface area (Å²) in [5.74, 6) is 0.315. The van der Waals surface area contributed by atoms with E-state index in [1.807, 2.05) is 0 Å². The minimum Gasteiger partial charge on any atom is -0.383 e. The number of anilines is 2. The van der Waals surface area contributed by atoms with Crippen molar-refractivity contribution in [3.63, 3.8) is 0 Å². The highest BCUT2D eigenvalue weighted by molar-refractivity contribution is 7.99. The van der Waals surface area contributed by atoms with Gasteiger partial charge in [0, 0.05) is 23.7 Å². The monoisotopic (exact) mass is 531 g/mol. The van der Waals surface area contributed by atoms with Crippen molar-refractivity contribution < 1.29 is 13.2 Å². The van der Waals surface area contributed by atoms with Gasteiger partial charge in [0.05, 0.1) is 16.0 Å². The van der Waals surface area contributed by atoms with Gasteiger partial charge in [-0.05, 0) is 62.3 Å². The lowest BCUT2D eigenvalue weighted by Gasteiger charge is -2.20. The van der Waals surface area contributed by atoms with E-state index >= 15 is 0 Å². The molecular formula is C24H29N5O3S3. The number of carbonyl (C=O) groups is 1. The quantitative estimate of drug-likeness (QED) is 0.356. The first-order chi connectivity index (χ1) is 16.9. The molecule has 0 unspecified atom stereocenters. The summed E-state index contributed by atoms with van der Waals surface area (Å²) in [7, 11) is -3.58. The van der Waals surface area contributed by atoms with Crippen molar-refractivity contribution >= 4 is 60.8 Å². The smallest absolute Gasteiger partial charge is 0.243 e. The molecule has 2 aromatic heterocycles. The maximum absolute atomic E-state index is 13.1. The van der Waals surface area contributed by atoms with Gasteiger partial charge in [0.25, 0.3) is 0 Å². The molecule has 3 N–H and O–H groups in total. The molecule has 1 saturated heterocycles. The number of aromatic nitrogens is 2. The van der Waals surface area contributed by atoms with Crippen LogP contribution in [-0.2, 0) is 27.7 Å². The van der Waals surface area contributed by atoms with E-state index < -0.39 is 10.0 Å². The third kappa shape index (κ3) is 5.32. The number of hydrogen-bond acceptors (Lipinski definition) is 8. The van der Waals surface area contributed by atoms with Gasteiger partial charge in [-0.1, -0.05) is 30.7 Å². The summed E-state index contributed by atoms with van der Waals surface area (Å²) in [5.41, 5.74) is 8.01. The second-order valence-electron chi connectivity index (χ2n) is 8.97. The molecule has 11 heteroatoms. The zero-order chi connectivity index (χ0) is 24.4. The number of fused-ring (bicyclic) bond motifs is 3. The van der Waals surface area contributed by atoms with E-state index in [0.717, 1.165) is 55.2 Å². The summed E-state index contributed by atoms with van der Waals surface area (Å²) in [4.78, 5) is 24.2. The second-order valence-corrected chi connectivity index (χ2v) is 12.9. The molecule has 1 fully saturated rings. The average Bonchev–Trinajstić information content (AvgIpc) is 3.01. The highest BCUT2D eigenvalue weighted by atomic mass is 32.2. The van der Waals surface area contributed by atoms with Crippen LogP contribution in [0.3, 0.4) is 0 Å². The van der Waals surface area contributed by atoms with Gasteiger partial charge in [0.1, 0.15) is 10.6 Å². The van der Waals surface area contributed by atoms with Crippen molar-refractivity contribution in [2.75, 3.05) is 29.9 Å². The molecule has 1 amide bonds. The molecule has 3 heterocycles. The number of thiophene rings is 1. The second kappa shape index (κ2) is 10.4. The first-order valence-corrected chi connectivity index (χ1v) is 15.3. The van der Waals surface area contributed by atoms with E-state index in [1.54, 1.807) is 33.8 Å². The largest absolute Gasteiger partial charge is 0.383 e. The number of aryl methyl sites for hydroxylation is 2. The van der Waals surface area contributed by atoms with Crippen molar-refractivity contribution in [2.45, 2.75) is 61.4 Å². The Bertz CT molecular complexity index is 1350. The van der Waals surface area contributed by atoms with Crippen LogP contribution >= 0.6 is 23.1 Å². The van der Waals surface area contributed by atoms with Gasteiger partial charge in [-0.2, -0.15) is 4.31 Å². The molecule has 0 saturated carbocycles. The van der Waals surface area contributed by atoms with E-state index in [2.05, 4.69) is 15.3 Å². The summed E-state index contributed by atoms with van der Waals surface area (Å²) in [6, 6.07) is 6.46. The Morgan fingerprint density at radius 2 is 1.86 bits per heavy atom. The van der Waals surface area contributed by atoms with Gasteiger partial charge >= 0.3 is 0 Å². The Balaban J connectivity index is 1.25. The highest BCUT2D eigenvalue weighted by Crippen LogP contribution is 2.38. The number of carbonyl (C=O) groups excluding carboxylic acids is 1. The maximum Gasteiger partial charge on any atom is 0.243 e. The minimum atomic E-state index is -3.58. The van der Waals surface area contributed by atoms with Crippen LogP contribution in [0.4, 0.5) is 11.5 Å². The topological polar surface area (TPSA) is 118 Å². The van der Waals surface area contributed by atoms with E-state index in [4.69, 9.17) is 5.73 Å². The molecule has 0 radical (unpaired) electrons. The molecule has 5 rings (SSSR count). The van der Waals surface area contributed by atoms with E-state index in [-0.39, 0.29) is 16.6 Å². The van der Waals surface area contributed by atoms with Crippen molar-refractivity contribution in [1.29, 1.82) is 0 Å². The number of benzene rings is 1. The van der Waals surface area contributed by atoms with Crippen molar-refractivity contribution in [1.82, 2.24) is 14.3 Å². The molecule has 3 aromatic rings. The Hall–Kier alpha value is -2.21. The zero-order valence-corrected chi connectivity index (χ0v) is 21.9. The molecular weight excluding hydrogens is 502 g/mol. The lowest BCUT2D eigenvalue weighted by Crippen LogP contribution is -2.32. The van der Waals surface area contributed by atoms with Crippen LogP contribution in [0.1, 0.15) is 49.0 Å². The van der Waals surface area contributed by atoms with Crippen LogP contribution in [0.25, 0.3) is 10.2 Å². The first-order valence-electron chi connectivity index (χ1n) is 12.0. The Morgan fingerprint density at radius 1 is 1.09 bits per heavy atom. The van der Waals surface area contributed by atoms with Gasteiger partial charge < -0.3 is 11.1 Å². The predicted octanol–water partition coefficient (Wildman–Crippen LogP) is 4.45. The molecule has 2 aliphatic rings. The minimum absolute atomic E-state index is 0.0964. The number of nitrogens with zero attached hydrogens (tertiary/aromatic N) is 3. The summed E-state index contributed by atoms with van der Waals surface area (Å²) >= 11 is 2.90. The number of nitrogen functional groups attached to an aromatic ring is 1. The SMILES string of the molecule is Nc1nc(SCC(=O)Nc2cccc(S(=O)(=O)N3CCCCCC3)c2)nc2sc3c(c12)CCCC3. The molecule has 1 aromatic carbocycles. The molecule has 0 spiro atoms. The lowest BCUT2D eigenvalue weighted by molar-refractivity contribution is -0.113. The number of hydrogen-bond donors (Lipinski definition) is 2. The molecule has 186 valence electrons. The molecule has 1 aliphatic heterocycles. The molecule has 1 aliphatic carbocycles. The average molecular weight is 532 g/mol. The Kier molecular flexibility index (Phi) is 7.29. The fraction of sp³-hybridized carbons (Fsp3) is 0.458. The zero-order valence-electron chi connectivity index (χ0n) is 19.5. The third-order valence-corrected chi connectivity index (χ3v) is 10.4. The first kappa shape index (κ1) is 24.5. The summed E-state index contributed by atoms with van der Waals surface area (Å²) in [6.45, 7) is 1.08. The normalized spacial score (nSPS) is 17.1. The van der Waals surface area contributed by atoms with Gasteiger partial charge in [-0.25, -0.2) is 18.4 Å².